The minimum atomic E-state index is 0.451. The molecule has 2 aliphatic rings. The fraction of sp³-hybridized carbons (Fsp3) is 1.00. The van der Waals surface area contributed by atoms with Crippen LogP contribution in [0, 0.1) is 17.8 Å². The molecule has 118 valence electrons. The van der Waals surface area contributed by atoms with Crippen molar-refractivity contribution in [2.45, 2.75) is 83.7 Å². The number of hydrogen-bond donors (Lipinski definition) is 1. The molecule has 0 saturated heterocycles. The summed E-state index contributed by atoms with van der Waals surface area (Å²) < 4.78 is 0. The second kappa shape index (κ2) is 7.79. The Kier molecular flexibility index (Phi) is 6.35. The second-order valence-electron chi connectivity index (χ2n) is 7.76. The highest BCUT2D eigenvalue weighted by Gasteiger charge is 2.30. The van der Waals surface area contributed by atoms with Crippen molar-refractivity contribution in [1.82, 2.24) is 4.90 Å². The molecular weight excluding hydrogens is 244 g/mol. The van der Waals surface area contributed by atoms with Gasteiger partial charge in [0.25, 0.3) is 0 Å². The van der Waals surface area contributed by atoms with Crippen LogP contribution < -0.4 is 5.73 Å². The van der Waals surface area contributed by atoms with E-state index in [2.05, 4.69) is 25.8 Å². The number of rotatable bonds is 5. The van der Waals surface area contributed by atoms with Crippen molar-refractivity contribution in [2.24, 2.45) is 23.5 Å². The van der Waals surface area contributed by atoms with Crippen LogP contribution >= 0.6 is 0 Å². The van der Waals surface area contributed by atoms with E-state index in [1.807, 2.05) is 0 Å². The molecule has 2 aliphatic carbocycles. The van der Waals surface area contributed by atoms with Crippen LogP contribution in [0.25, 0.3) is 0 Å². The molecule has 0 aromatic heterocycles. The SMILES string of the molecule is CCCC1CCC(N)C(CN(C)C2CCCC(C)C2)C1. The van der Waals surface area contributed by atoms with E-state index in [0.717, 1.165) is 23.8 Å². The van der Waals surface area contributed by atoms with Crippen LogP contribution in [-0.2, 0) is 0 Å². The molecule has 0 amide bonds. The first-order valence-electron chi connectivity index (χ1n) is 9.06. The molecule has 0 aliphatic heterocycles. The van der Waals surface area contributed by atoms with Gasteiger partial charge in [-0.1, -0.05) is 39.5 Å². The van der Waals surface area contributed by atoms with Gasteiger partial charge in [0.2, 0.25) is 0 Å². The van der Waals surface area contributed by atoms with Gasteiger partial charge in [0.1, 0.15) is 0 Å². The summed E-state index contributed by atoms with van der Waals surface area (Å²) in [5.74, 6) is 2.61. The first-order chi connectivity index (χ1) is 9.60. The van der Waals surface area contributed by atoms with Crippen LogP contribution in [0.4, 0.5) is 0 Å². The van der Waals surface area contributed by atoms with Gasteiger partial charge in [-0.15, -0.1) is 0 Å². The Hall–Kier alpha value is -0.0800. The molecule has 5 unspecified atom stereocenters. The summed E-state index contributed by atoms with van der Waals surface area (Å²) in [5, 5.41) is 0. The van der Waals surface area contributed by atoms with Crippen LogP contribution in [0.3, 0.4) is 0 Å². The van der Waals surface area contributed by atoms with Gasteiger partial charge in [-0.3, -0.25) is 0 Å². The van der Waals surface area contributed by atoms with Crippen molar-refractivity contribution >= 4 is 0 Å². The van der Waals surface area contributed by atoms with E-state index in [-0.39, 0.29) is 0 Å². The zero-order valence-electron chi connectivity index (χ0n) is 14.0. The van der Waals surface area contributed by atoms with E-state index in [9.17, 15) is 0 Å². The van der Waals surface area contributed by atoms with Crippen molar-refractivity contribution in [3.05, 3.63) is 0 Å². The maximum absolute atomic E-state index is 6.42. The van der Waals surface area contributed by atoms with Gasteiger partial charge < -0.3 is 10.6 Å². The predicted octanol–water partition coefficient (Wildman–Crippen LogP) is 4.04. The standard InChI is InChI=1S/C18H36N2/c1-4-6-15-9-10-18(19)16(12-15)13-20(3)17-8-5-7-14(2)11-17/h14-18H,4-13,19H2,1-3H3. The van der Waals surface area contributed by atoms with E-state index in [1.54, 1.807) is 0 Å². The summed E-state index contributed by atoms with van der Waals surface area (Å²) in [7, 11) is 2.35. The normalized spacial score (nSPS) is 39.1. The Balaban J connectivity index is 1.83. The number of nitrogens with zero attached hydrogens (tertiary/aromatic N) is 1. The summed E-state index contributed by atoms with van der Waals surface area (Å²) in [6.07, 6.45) is 12.4. The maximum Gasteiger partial charge on any atom is 0.00948 e. The quantitative estimate of drug-likeness (QED) is 0.823. The summed E-state index contributed by atoms with van der Waals surface area (Å²) in [5.41, 5.74) is 6.42. The van der Waals surface area contributed by atoms with E-state index in [0.29, 0.717) is 6.04 Å². The lowest BCUT2D eigenvalue weighted by Gasteiger charge is -2.40. The van der Waals surface area contributed by atoms with Crippen molar-refractivity contribution in [3.8, 4) is 0 Å². The van der Waals surface area contributed by atoms with Crippen molar-refractivity contribution in [2.75, 3.05) is 13.6 Å². The van der Waals surface area contributed by atoms with Crippen LogP contribution in [0.15, 0.2) is 0 Å². The largest absolute Gasteiger partial charge is 0.327 e. The summed E-state index contributed by atoms with van der Waals surface area (Å²) in [6, 6.07) is 1.27. The Labute approximate surface area is 126 Å². The van der Waals surface area contributed by atoms with Gasteiger partial charge in [-0.2, -0.15) is 0 Å². The molecular formula is C18H36N2. The highest BCUT2D eigenvalue weighted by atomic mass is 15.1. The van der Waals surface area contributed by atoms with Crippen molar-refractivity contribution < 1.29 is 0 Å². The highest BCUT2D eigenvalue weighted by Crippen LogP contribution is 2.33. The lowest BCUT2D eigenvalue weighted by atomic mass is 9.76. The third kappa shape index (κ3) is 4.46. The van der Waals surface area contributed by atoms with E-state index in [4.69, 9.17) is 5.73 Å². The van der Waals surface area contributed by atoms with Crippen LogP contribution in [0.2, 0.25) is 0 Å². The fourth-order valence-corrected chi connectivity index (χ4v) is 4.59. The Morgan fingerprint density at radius 2 is 1.90 bits per heavy atom. The van der Waals surface area contributed by atoms with Gasteiger partial charge >= 0.3 is 0 Å². The predicted molar refractivity (Wildman–Crippen MR) is 87.8 cm³/mol. The molecule has 2 N–H and O–H groups in total. The molecule has 0 spiro atoms. The van der Waals surface area contributed by atoms with E-state index >= 15 is 0 Å². The molecule has 0 aromatic rings. The lowest BCUT2D eigenvalue weighted by molar-refractivity contribution is 0.110. The smallest absolute Gasteiger partial charge is 0.00948 e. The molecule has 2 heteroatoms. The Morgan fingerprint density at radius 3 is 2.60 bits per heavy atom. The van der Waals surface area contributed by atoms with E-state index < -0.39 is 0 Å². The monoisotopic (exact) mass is 280 g/mol. The number of hydrogen-bond acceptors (Lipinski definition) is 2. The zero-order chi connectivity index (χ0) is 14.5. The third-order valence-electron chi connectivity index (χ3n) is 5.90. The highest BCUT2D eigenvalue weighted by molar-refractivity contribution is 4.86. The van der Waals surface area contributed by atoms with Crippen LogP contribution in [0.1, 0.15) is 71.6 Å². The molecule has 0 radical (unpaired) electrons. The Bertz CT molecular complexity index is 279. The zero-order valence-corrected chi connectivity index (χ0v) is 14.0. The first kappa shape index (κ1) is 16.3. The van der Waals surface area contributed by atoms with Crippen LogP contribution in [0.5, 0.6) is 0 Å². The topological polar surface area (TPSA) is 29.3 Å². The lowest BCUT2D eigenvalue weighted by Crippen LogP contribution is -2.45. The summed E-state index contributed by atoms with van der Waals surface area (Å²) in [4.78, 5) is 2.65. The average molecular weight is 281 g/mol. The average Bonchev–Trinajstić information content (AvgIpc) is 2.43. The molecule has 2 nitrogen and oxygen atoms in total. The van der Waals surface area contributed by atoms with Gasteiger partial charge in [0, 0.05) is 18.6 Å². The summed E-state index contributed by atoms with van der Waals surface area (Å²) >= 11 is 0. The van der Waals surface area contributed by atoms with Crippen molar-refractivity contribution in [3.63, 3.8) is 0 Å². The van der Waals surface area contributed by atoms with E-state index in [1.165, 1.54) is 64.3 Å². The molecule has 2 fully saturated rings. The minimum absolute atomic E-state index is 0.451. The fourth-order valence-electron chi connectivity index (χ4n) is 4.59. The molecule has 2 rings (SSSR count). The van der Waals surface area contributed by atoms with Gasteiger partial charge in [0.15, 0.2) is 0 Å². The molecule has 0 bridgehead atoms. The van der Waals surface area contributed by atoms with Gasteiger partial charge in [-0.05, 0) is 56.9 Å². The van der Waals surface area contributed by atoms with Gasteiger partial charge in [-0.25, -0.2) is 0 Å². The second-order valence-corrected chi connectivity index (χ2v) is 7.76. The molecule has 0 aromatic carbocycles. The summed E-state index contributed by atoms with van der Waals surface area (Å²) in [6.45, 7) is 5.97. The van der Waals surface area contributed by atoms with Gasteiger partial charge in [0.05, 0.1) is 0 Å². The number of nitrogens with two attached hydrogens (primary N) is 1. The Morgan fingerprint density at radius 1 is 1.10 bits per heavy atom. The molecule has 0 heterocycles. The molecule has 20 heavy (non-hydrogen) atoms. The van der Waals surface area contributed by atoms with Crippen molar-refractivity contribution in [1.29, 1.82) is 0 Å². The first-order valence-corrected chi connectivity index (χ1v) is 9.06. The third-order valence-corrected chi connectivity index (χ3v) is 5.90. The molecule has 2 saturated carbocycles. The molecule has 5 atom stereocenters. The van der Waals surface area contributed by atoms with Crippen LogP contribution in [-0.4, -0.2) is 30.6 Å². The maximum atomic E-state index is 6.42. The minimum Gasteiger partial charge on any atom is -0.327 e.